The maximum Gasteiger partial charge on any atom is 0.357 e. The first kappa shape index (κ1) is 86.9. The summed E-state index contributed by atoms with van der Waals surface area (Å²) in [6.07, 6.45) is -3.18. The van der Waals surface area contributed by atoms with E-state index in [9.17, 15) is 68.7 Å². The van der Waals surface area contributed by atoms with Crippen LogP contribution in [0.1, 0.15) is 203 Å². The number of fused-ring (bicyclic) bond motifs is 7. The van der Waals surface area contributed by atoms with Crippen LogP contribution >= 0.6 is 57.1 Å². The molecule has 13 bridgehead atoms. The second-order valence-corrected chi connectivity index (χ2v) is 32.4. The van der Waals surface area contributed by atoms with Crippen LogP contribution in [-0.2, 0) is 53.4 Å². The third-order valence-corrected chi connectivity index (χ3v) is 24.5. The van der Waals surface area contributed by atoms with Gasteiger partial charge in [-0.3, -0.25) is 63.2 Å². The number of esters is 2. The number of nitrogens with one attached hydrogen (secondary N) is 11. The van der Waals surface area contributed by atoms with Gasteiger partial charge in [-0.25, -0.2) is 34.5 Å². The van der Waals surface area contributed by atoms with Crippen molar-refractivity contribution >= 4 is 145 Å². The van der Waals surface area contributed by atoms with Crippen molar-refractivity contribution in [1.82, 2.24) is 83.4 Å². The molecule has 0 saturated heterocycles. The number of methoxy groups -OCH3 is 1. The quantitative estimate of drug-likeness (QED) is 0.0621. The van der Waals surface area contributed by atoms with Crippen LogP contribution in [0.4, 0.5) is 0 Å². The molecule has 0 radical (unpaired) electrons. The highest BCUT2D eigenvalue weighted by molar-refractivity contribution is 8.14. The van der Waals surface area contributed by atoms with Gasteiger partial charge in [-0.2, -0.15) is 0 Å². The van der Waals surface area contributed by atoms with E-state index in [0.29, 0.717) is 6.42 Å². The van der Waals surface area contributed by atoms with Gasteiger partial charge < -0.3 is 88.2 Å². The first-order chi connectivity index (χ1) is 54.3. The number of pyridine rings is 1. The van der Waals surface area contributed by atoms with Gasteiger partial charge in [-0.05, 0) is 85.8 Å². The van der Waals surface area contributed by atoms with E-state index >= 15 is 14.4 Å². The number of carbonyl (C=O) groups is 12. The molecule has 5 aliphatic rings. The molecule has 5 aromatic heterocycles. The Bertz CT molecular complexity index is 4900. The molecule has 0 saturated carbocycles. The lowest BCUT2D eigenvalue weighted by Crippen LogP contribution is -2.57. The highest BCUT2D eigenvalue weighted by Crippen LogP contribution is 2.48. The van der Waals surface area contributed by atoms with Crippen LogP contribution in [0.15, 0.2) is 92.2 Å². The van der Waals surface area contributed by atoms with Crippen molar-refractivity contribution in [3.8, 4) is 0 Å². The summed E-state index contributed by atoms with van der Waals surface area (Å²) >= 11 is 4.43. The molecule has 37 nitrogen and oxygen atoms in total. The molecule has 16 N–H and O–H groups in total. The summed E-state index contributed by atoms with van der Waals surface area (Å²) in [6, 6.07) is -11.6. The molecule has 115 heavy (non-hydrogen) atoms. The molecule has 612 valence electrons. The zero-order valence-electron chi connectivity index (χ0n) is 63.9. The molecule has 0 unspecified atom stereocenters. The Kier molecular flexibility index (Phi) is 27.3. The third-order valence-electron chi connectivity index (χ3n) is 19.6. The van der Waals surface area contributed by atoms with Gasteiger partial charge in [-0.1, -0.05) is 58.2 Å². The molecule has 10 amide bonds. The van der Waals surface area contributed by atoms with Gasteiger partial charge in [0.25, 0.3) is 29.5 Å². The molecule has 9 heterocycles. The Balaban J connectivity index is 1.17. The number of hydrogen-bond acceptors (Lipinski definition) is 32. The number of allylic oxidation sites excluding steroid dienone is 1. The van der Waals surface area contributed by atoms with Gasteiger partial charge >= 0.3 is 11.9 Å². The minimum atomic E-state index is -2.21. The van der Waals surface area contributed by atoms with Gasteiger partial charge in [0.1, 0.15) is 119 Å². The van der Waals surface area contributed by atoms with Crippen LogP contribution in [0.3, 0.4) is 0 Å². The van der Waals surface area contributed by atoms with Crippen molar-refractivity contribution in [1.29, 1.82) is 0 Å². The average Bonchev–Trinajstić information content (AvgIpc) is 1.68. The fourth-order valence-electron chi connectivity index (χ4n) is 12.4. The summed E-state index contributed by atoms with van der Waals surface area (Å²) in [6.45, 7) is 25.0. The maximum atomic E-state index is 15.4. The van der Waals surface area contributed by atoms with Crippen molar-refractivity contribution in [2.45, 2.75) is 185 Å². The number of thiazole rings is 4. The molecule has 17 atom stereocenters. The third kappa shape index (κ3) is 19.0. The second kappa shape index (κ2) is 36.1. The van der Waals surface area contributed by atoms with Crippen molar-refractivity contribution < 1.29 is 92.5 Å². The first-order valence-electron chi connectivity index (χ1n) is 36.0. The number of ether oxygens (including phenoxy) is 2. The number of rotatable bonds is 12. The van der Waals surface area contributed by atoms with Gasteiger partial charge in [0.15, 0.2) is 0 Å². The minimum absolute atomic E-state index is 0.0157. The Morgan fingerprint density at radius 1 is 0.765 bits per heavy atom. The maximum absolute atomic E-state index is 15.4. The molecule has 5 aromatic rings. The van der Waals surface area contributed by atoms with Crippen molar-refractivity contribution in [3.63, 3.8) is 0 Å². The predicted octanol–water partition coefficient (Wildman–Crippen LogP) is 1.46. The molecule has 0 fully saturated rings. The normalized spacial score (nSPS) is 26.7. The van der Waals surface area contributed by atoms with Gasteiger partial charge in [0.05, 0.1) is 71.7 Å². The molecule has 0 aromatic carbocycles. The van der Waals surface area contributed by atoms with Crippen molar-refractivity contribution in [2.75, 3.05) is 12.9 Å². The fraction of sp³-hybridized carbons (Fsp3) is 0.438. The average molecular weight is 1680 g/mol. The monoisotopic (exact) mass is 1680 g/mol. The standard InChI is InChI=1S/C73H86N18O19S5/c1-15-27(3)48-63(104)77-30(6)56(97)74-28(4)55(96)75-31(7)58(99)91-73-20-19-41(66-85-44(23-112-66)59(100)76-29(5)57(98)78-32(8)69(106)109-14)81-53(73)43-22-113-67(83-43)50(35(11)110-70(107)42-21-38(33(9)92)37-17-18-40(79-48)52(95)51(37)80-42)89-60(101)45-25-114-68(86-45)54(72(13,108)36(12)94)90-62(103)46-24-111-65(84-46)39(16-2)82-64(105)49(34(10)93)88-61(102)47-26-115-71(73)87-47/h16-18,21-23,25-27,30-31,33-36,40,46,48-50,52-54,79,92-95,108H,4-5,8,15,19-20,24H2,1-3,6-7,9-14H3,(H,74,97)(H,75,96)(H,76,100)(H,77,104)(H,78,98)(H,82,105)(H,88,102)(H,89,101)(H,90,103)(H,91,99)/b39-16-/t27-,30-,31-,33+,34+,35+,36+,40+,46+,48-,49-,50-,52-,53+,54+,72+,73+/m0/s1. The molecule has 4 aliphatic heterocycles. The number of aliphatic hydroxyl groups is 5. The van der Waals surface area contributed by atoms with Crippen LogP contribution in [0.2, 0.25) is 0 Å². The van der Waals surface area contributed by atoms with Gasteiger partial charge in [0.2, 0.25) is 29.5 Å². The zero-order valence-corrected chi connectivity index (χ0v) is 67.9. The summed E-state index contributed by atoms with van der Waals surface area (Å²) in [5, 5.41) is 92.4. The number of hydrogen-bond donors (Lipinski definition) is 16. The second-order valence-electron chi connectivity index (χ2n) is 27.9. The molecule has 10 rings (SSSR count). The molecular formula is C73H86N18O19S5. The number of nitrogens with zero attached hydrogens (tertiary/aromatic N) is 7. The van der Waals surface area contributed by atoms with E-state index in [2.05, 4.69) is 103 Å². The van der Waals surface area contributed by atoms with E-state index in [4.69, 9.17) is 19.7 Å². The number of aromatic nitrogens is 5. The lowest BCUT2D eigenvalue weighted by molar-refractivity contribution is -0.137. The van der Waals surface area contributed by atoms with Gasteiger partial charge in [-0.15, -0.1) is 57.1 Å². The van der Waals surface area contributed by atoms with Crippen molar-refractivity contribution in [2.24, 2.45) is 15.9 Å². The van der Waals surface area contributed by atoms with Crippen LogP contribution in [0, 0.1) is 5.92 Å². The number of thioether (sulfide) groups is 1. The van der Waals surface area contributed by atoms with Crippen LogP contribution < -0.4 is 58.5 Å². The number of carbonyl (C=O) groups excluding carboxylic acids is 12. The molecule has 1 aliphatic carbocycles. The summed E-state index contributed by atoms with van der Waals surface area (Å²) in [7, 11) is 1.06. The number of aliphatic hydroxyl groups excluding tert-OH is 4. The Labute approximate surface area is 677 Å². The van der Waals surface area contributed by atoms with Gasteiger partial charge in [0, 0.05) is 32.8 Å². The minimum Gasteiger partial charge on any atom is -0.464 e. The summed E-state index contributed by atoms with van der Waals surface area (Å²) in [5.41, 5.74) is -6.97. The first-order valence-corrected chi connectivity index (χ1v) is 40.5. The Morgan fingerprint density at radius 3 is 2.13 bits per heavy atom. The molecule has 0 spiro atoms. The van der Waals surface area contributed by atoms with E-state index in [1.807, 2.05) is 0 Å². The van der Waals surface area contributed by atoms with E-state index in [1.165, 1.54) is 88.2 Å². The topological polar surface area (TPSA) is 546 Å². The van der Waals surface area contributed by atoms with E-state index in [1.54, 1.807) is 26.8 Å². The zero-order chi connectivity index (χ0) is 84.1. The van der Waals surface area contributed by atoms with Crippen LogP contribution in [0.25, 0.3) is 6.08 Å². The Morgan fingerprint density at radius 2 is 1.45 bits per heavy atom. The Hall–Kier alpha value is -10.5. The largest absolute Gasteiger partial charge is 0.464 e. The summed E-state index contributed by atoms with van der Waals surface area (Å²) in [4.78, 5) is 204. The SMILES string of the molecule is C=C(NC(=O)c1csc(C2=N[C@@H]3c4csc(n4)[C@H]4NC(=O)c5csc(n5)[C@H]([C@](C)(O)[C@@H](C)O)NC(=O)[C@H]5CSC(=N5)/C(=C/C)NC(=O)[C@H]([C@@H](C)O)NC(=O)c5csc(n5)[C@]3(CC2)NC(=O)[C@H](C)NC(=O)C(=C)NC(=O)[C@H](C)NC(=O)[C@H]([C@@H](C)CC)N[C@@H]2C=Cc3c([C@@H](C)O)cc(nc3[C@H]2O)C(=O)O[C@@H]4C)n1)C(=O)NC(=C)C(=O)OC. The molecule has 42 heteroatoms. The number of amides is 10. The highest BCUT2D eigenvalue weighted by Gasteiger charge is 2.51. The smallest absolute Gasteiger partial charge is 0.357 e. The number of aliphatic imine (C=N–C) groups is 2. The van der Waals surface area contributed by atoms with E-state index < -0.39 is 196 Å². The lowest BCUT2D eigenvalue weighted by Gasteiger charge is -2.41. The predicted molar refractivity (Wildman–Crippen MR) is 421 cm³/mol. The fourth-order valence-corrected chi connectivity index (χ4v) is 17.3. The van der Waals surface area contributed by atoms with Crippen molar-refractivity contribution in [3.05, 3.63) is 148 Å². The van der Waals surface area contributed by atoms with Crippen LogP contribution in [-0.4, -0.2) is 205 Å². The van der Waals surface area contributed by atoms with E-state index in [0.717, 1.165) is 64.2 Å². The summed E-state index contributed by atoms with van der Waals surface area (Å²) in [5.74, 6) is -12.1. The summed E-state index contributed by atoms with van der Waals surface area (Å²) < 4.78 is 10.9. The number of cyclic esters (lactones) is 1. The van der Waals surface area contributed by atoms with E-state index in [-0.39, 0.29) is 94.7 Å². The highest BCUT2D eigenvalue weighted by atomic mass is 32.2. The molecular weight excluding hydrogens is 1590 g/mol. The lowest BCUT2D eigenvalue weighted by atomic mass is 9.80. The van der Waals surface area contributed by atoms with Crippen LogP contribution in [0.5, 0.6) is 0 Å².